The number of carbonyl (C=O) groups is 1. The van der Waals surface area contributed by atoms with Crippen molar-refractivity contribution in [3.8, 4) is 0 Å². The second-order valence-electron chi connectivity index (χ2n) is 10.5. The molecule has 2 unspecified atom stereocenters. The van der Waals surface area contributed by atoms with Crippen LogP contribution in [0.3, 0.4) is 0 Å². The summed E-state index contributed by atoms with van der Waals surface area (Å²) in [6, 6.07) is 9.10. The molecule has 2 aliphatic rings. The van der Waals surface area contributed by atoms with Crippen LogP contribution in [0.15, 0.2) is 29.3 Å². The van der Waals surface area contributed by atoms with Gasteiger partial charge in [-0.15, -0.1) is 0 Å². The molecular weight excluding hydrogens is 399 g/mol. The predicted molar refractivity (Wildman–Crippen MR) is 136 cm³/mol. The van der Waals surface area contributed by atoms with Gasteiger partial charge in [0.05, 0.1) is 12.6 Å². The Hall–Kier alpha value is -1.21. The first-order valence-electron chi connectivity index (χ1n) is 12.5. The van der Waals surface area contributed by atoms with Gasteiger partial charge in [-0.25, -0.2) is 0 Å². The maximum atomic E-state index is 12.6. The summed E-state index contributed by atoms with van der Waals surface area (Å²) in [6.45, 7) is 11.4. The Morgan fingerprint density at radius 3 is 2.45 bits per heavy atom. The Morgan fingerprint density at radius 1 is 1.10 bits per heavy atom. The van der Waals surface area contributed by atoms with Crippen molar-refractivity contribution >= 4 is 25.0 Å². The van der Waals surface area contributed by atoms with Crippen molar-refractivity contribution in [3.05, 3.63) is 29.8 Å². The van der Waals surface area contributed by atoms with Gasteiger partial charge in [0, 0.05) is 12.5 Å². The summed E-state index contributed by atoms with van der Waals surface area (Å²) in [5.41, 5.74) is 2.12. The Labute approximate surface area is 191 Å². The molecule has 0 saturated heterocycles. The van der Waals surface area contributed by atoms with Crippen LogP contribution in [0, 0.1) is 5.41 Å². The quantitative estimate of drug-likeness (QED) is 0.324. The molecule has 1 fully saturated rings. The molecule has 172 valence electrons. The smallest absolute Gasteiger partial charge is 0.225 e. The van der Waals surface area contributed by atoms with Gasteiger partial charge in [0.15, 0.2) is 0 Å². The second kappa shape index (κ2) is 11.1. The molecule has 0 radical (unpaired) electrons. The maximum Gasteiger partial charge on any atom is 0.225 e. The van der Waals surface area contributed by atoms with Gasteiger partial charge in [-0.2, -0.15) is 0 Å². The van der Waals surface area contributed by atoms with E-state index in [1.807, 2.05) is 4.90 Å². The fourth-order valence-electron chi connectivity index (χ4n) is 4.99. The van der Waals surface area contributed by atoms with E-state index >= 15 is 0 Å². The van der Waals surface area contributed by atoms with Gasteiger partial charge in [-0.1, -0.05) is 98.4 Å². The highest BCUT2D eigenvalue weighted by molar-refractivity contribution is 7.66. The number of hydrogen-bond acceptors (Lipinski definition) is 2. The van der Waals surface area contributed by atoms with Crippen LogP contribution in [-0.2, 0) is 4.79 Å². The number of carbonyl (C=O) groups excluding carboxylic acids is 1. The molecule has 0 bridgehead atoms. The molecule has 31 heavy (non-hydrogen) atoms. The molecule has 1 aromatic rings. The van der Waals surface area contributed by atoms with Gasteiger partial charge >= 0.3 is 0 Å². The zero-order valence-corrected chi connectivity index (χ0v) is 21.4. The van der Waals surface area contributed by atoms with E-state index in [2.05, 4.69) is 52.0 Å². The van der Waals surface area contributed by atoms with Gasteiger partial charge in [-0.05, 0) is 41.8 Å². The first-order valence-corrected chi connectivity index (χ1v) is 14.1. The Bertz CT molecular complexity index is 761. The third-order valence-electron chi connectivity index (χ3n) is 6.99. The number of benzene rings is 1. The van der Waals surface area contributed by atoms with Crippen molar-refractivity contribution < 1.29 is 4.79 Å². The summed E-state index contributed by atoms with van der Waals surface area (Å²) < 4.78 is 0. The third kappa shape index (κ3) is 6.19. The molecule has 0 spiro atoms. The summed E-state index contributed by atoms with van der Waals surface area (Å²) in [7, 11) is -0.227. The predicted octanol–water partition coefficient (Wildman–Crippen LogP) is 6.73. The van der Waals surface area contributed by atoms with Crippen molar-refractivity contribution in [3.63, 3.8) is 0 Å². The first kappa shape index (κ1) is 24.4. The lowest BCUT2D eigenvalue weighted by Gasteiger charge is -2.33. The van der Waals surface area contributed by atoms with E-state index in [1.54, 1.807) is 6.92 Å². The van der Waals surface area contributed by atoms with Crippen molar-refractivity contribution in [1.82, 2.24) is 4.90 Å². The zero-order chi connectivity index (χ0) is 22.4. The number of amidine groups is 1. The minimum Gasteiger partial charge on any atom is -0.295 e. The maximum absolute atomic E-state index is 12.6. The Balaban J connectivity index is 1.97. The van der Waals surface area contributed by atoms with Crippen molar-refractivity contribution in [2.24, 2.45) is 10.4 Å². The number of hydrogen-bond donors (Lipinski definition) is 0. The lowest BCUT2D eigenvalue weighted by molar-refractivity contribution is -0.125. The van der Waals surface area contributed by atoms with Crippen LogP contribution in [-0.4, -0.2) is 41.1 Å². The topological polar surface area (TPSA) is 32.7 Å². The highest BCUT2D eigenvalue weighted by atomic mass is 31.1. The SMILES string of the molecule is CCCCCCP(c1ccccc1C1=NC(C(C)(C)C)CN1C(C)=O)C1CCCCC1. The molecule has 2 atom stereocenters. The number of amides is 1. The average molecular weight is 443 g/mol. The molecular formula is C27H43N2OP. The van der Waals surface area contributed by atoms with Gasteiger partial charge in [0.25, 0.3) is 0 Å². The summed E-state index contributed by atoms with van der Waals surface area (Å²) in [6.07, 6.45) is 13.5. The van der Waals surface area contributed by atoms with Crippen LogP contribution in [0.1, 0.15) is 98.0 Å². The van der Waals surface area contributed by atoms with E-state index < -0.39 is 0 Å². The fourth-order valence-corrected chi connectivity index (χ4v) is 8.31. The van der Waals surface area contributed by atoms with E-state index in [-0.39, 0.29) is 25.3 Å². The van der Waals surface area contributed by atoms with E-state index in [4.69, 9.17) is 4.99 Å². The van der Waals surface area contributed by atoms with Crippen LogP contribution >= 0.6 is 7.92 Å². The highest BCUT2D eigenvalue weighted by Gasteiger charge is 2.37. The lowest BCUT2D eigenvalue weighted by atomic mass is 9.87. The van der Waals surface area contributed by atoms with E-state index in [0.717, 1.165) is 11.5 Å². The monoisotopic (exact) mass is 442 g/mol. The summed E-state index contributed by atoms with van der Waals surface area (Å²) in [4.78, 5) is 19.7. The molecule has 3 nitrogen and oxygen atoms in total. The zero-order valence-electron chi connectivity index (χ0n) is 20.5. The normalized spacial score (nSPS) is 21.3. The molecule has 4 heteroatoms. The largest absolute Gasteiger partial charge is 0.295 e. The summed E-state index contributed by atoms with van der Waals surface area (Å²) in [5.74, 6) is 1.05. The van der Waals surface area contributed by atoms with Crippen molar-refractivity contribution in [2.75, 3.05) is 12.7 Å². The van der Waals surface area contributed by atoms with Gasteiger partial charge in [0.1, 0.15) is 5.84 Å². The Kier molecular flexibility index (Phi) is 8.74. The van der Waals surface area contributed by atoms with Crippen LogP contribution in [0.5, 0.6) is 0 Å². The molecule has 0 aromatic heterocycles. The minimum atomic E-state index is -0.227. The van der Waals surface area contributed by atoms with E-state index in [9.17, 15) is 4.79 Å². The highest BCUT2D eigenvalue weighted by Crippen LogP contribution is 2.48. The summed E-state index contributed by atoms with van der Waals surface area (Å²) >= 11 is 0. The molecule has 0 N–H and O–H groups in total. The fraction of sp³-hybridized carbons (Fsp3) is 0.704. The van der Waals surface area contributed by atoms with Crippen LogP contribution in [0.25, 0.3) is 0 Å². The summed E-state index contributed by atoms with van der Waals surface area (Å²) in [5, 5.41) is 1.50. The molecule has 1 heterocycles. The first-order chi connectivity index (χ1) is 14.8. The molecule has 3 rings (SSSR count). The Morgan fingerprint density at radius 2 is 1.81 bits per heavy atom. The number of unbranched alkanes of at least 4 members (excludes halogenated alkanes) is 3. The minimum absolute atomic E-state index is 0.0542. The van der Waals surface area contributed by atoms with Crippen LogP contribution in [0.4, 0.5) is 0 Å². The molecule has 1 saturated carbocycles. The van der Waals surface area contributed by atoms with E-state index in [1.165, 1.54) is 74.8 Å². The standard InChI is InChI=1S/C27H43N2OP/c1-6-7-8-14-19-31(22-15-10-9-11-16-22)24-18-13-12-17-23(24)26-28-25(27(3,4)5)20-29(26)21(2)30/h12-13,17-18,22,25H,6-11,14-16,19-20H2,1-5H3. The van der Waals surface area contributed by atoms with Crippen molar-refractivity contribution in [2.45, 2.75) is 104 Å². The van der Waals surface area contributed by atoms with Crippen molar-refractivity contribution in [1.29, 1.82) is 0 Å². The van der Waals surface area contributed by atoms with Gasteiger partial charge < -0.3 is 0 Å². The number of aliphatic imine (C=N–C) groups is 1. The molecule has 1 aliphatic heterocycles. The lowest BCUT2D eigenvalue weighted by Crippen LogP contribution is -2.38. The second-order valence-corrected chi connectivity index (χ2v) is 13.1. The third-order valence-corrected chi connectivity index (χ3v) is 10.2. The average Bonchev–Trinajstić information content (AvgIpc) is 3.21. The molecule has 1 aliphatic carbocycles. The molecule has 1 aromatic carbocycles. The van der Waals surface area contributed by atoms with Gasteiger partial charge in [0.2, 0.25) is 5.91 Å². The van der Waals surface area contributed by atoms with Crippen LogP contribution < -0.4 is 5.30 Å². The molecule has 1 amide bonds. The number of nitrogens with zero attached hydrogens (tertiary/aromatic N) is 2. The van der Waals surface area contributed by atoms with E-state index in [0.29, 0.717) is 6.54 Å². The van der Waals surface area contributed by atoms with Gasteiger partial charge in [-0.3, -0.25) is 14.7 Å². The number of rotatable bonds is 8. The van der Waals surface area contributed by atoms with Crippen LogP contribution in [0.2, 0.25) is 0 Å².